The number of aliphatic hydroxyl groups excluding tert-OH is 1. The third-order valence-corrected chi connectivity index (χ3v) is 1.57. The molecule has 0 aromatic rings. The molecule has 0 aromatic carbocycles. The van der Waals surface area contributed by atoms with Gasteiger partial charge in [0.25, 0.3) is 5.78 Å². The molecule has 0 rings (SSSR count). The minimum absolute atomic E-state index is 3.50. The van der Waals surface area contributed by atoms with E-state index in [-0.39, 0.29) is 0 Å². The number of rotatable bonds is 2. The predicted octanol–water partition coefficient (Wildman–Crippen LogP) is 2.22. The van der Waals surface area contributed by atoms with Crippen LogP contribution in [-0.4, -0.2) is 35.5 Å². The van der Waals surface area contributed by atoms with Gasteiger partial charge in [0.1, 0.15) is 6.10 Å². The summed E-state index contributed by atoms with van der Waals surface area (Å²) in [6.45, 7) is 0. The van der Waals surface area contributed by atoms with E-state index in [9.17, 15) is 44.3 Å². The van der Waals surface area contributed by atoms with Gasteiger partial charge in [-0.25, -0.2) is 0 Å². The smallest absolute Gasteiger partial charge is 0.384 e. The van der Waals surface area contributed by atoms with Crippen LogP contribution < -0.4 is 0 Å². The Morgan fingerprint density at radius 3 is 1.29 bits per heavy atom. The summed E-state index contributed by atoms with van der Waals surface area (Å²) >= 11 is 0. The molecule has 0 fully saturated rings. The summed E-state index contributed by atoms with van der Waals surface area (Å²) in [4.78, 5) is 10.1. The quantitative estimate of drug-likeness (QED) is 0.786. The summed E-state index contributed by atoms with van der Waals surface area (Å²) in [5, 5.41) is 8.27. The van der Waals surface area contributed by atoms with Crippen molar-refractivity contribution in [1.82, 2.24) is 0 Å². The Hall–Kier alpha value is -1.00. The Bertz CT molecular complexity index is 271. The van der Waals surface area contributed by atoms with Gasteiger partial charge in [-0.05, 0) is 0 Å². The standard InChI is InChI=1S/C6H3F9O2/c7-4(8,9)2(5(10,11)12)1(16)3(17)6(13,14)15/h1-2,16H/t1-/m0/s1. The first-order valence-corrected chi connectivity index (χ1v) is 3.61. The molecular formula is C6H3F9O2. The van der Waals surface area contributed by atoms with Crippen LogP contribution in [0.5, 0.6) is 0 Å². The molecule has 1 N–H and O–H groups in total. The Labute approximate surface area is 87.0 Å². The number of hydrogen-bond donors (Lipinski definition) is 1. The second-order valence-corrected chi connectivity index (χ2v) is 2.87. The minimum atomic E-state index is -6.22. The number of alkyl halides is 9. The van der Waals surface area contributed by atoms with Crippen molar-refractivity contribution in [3.05, 3.63) is 0 Å². The fourth-order valence-electron chi connectivity index (χ4n) is 0.863. The number of carbonyl (C=O) groups excluding carboxylic acids is 1. The van der Waals surface area contributed by atoms with Crippen molar-refractivity contribution in [2.45, 2.75) is 24.6 Å². The molecule has 17 heavy (non-hydrogen) atoms. The molecule has 0 unspecified atom stereocenters. The predicted molar refractivity (Wildman–Crippen MR) is 32.7 cm³/mol. The van der Waals surface area contributed by atoms with Crippen molar-refractivity contribution in [1.29, 1.82) is 0 Å². The van der Waals surface area contributed by atoms with E-state index in [1.54, 1.807) is 0 Å². The van der Waals surface area contributed by atoms with Gasteiger partial charge < -0.3 is 5.11 Å². The summed E-state index contributed by atoms with van der Waals surface area (Å²) in [6.07, 6.45) is -22.7. The van der Waals surface area contributed by atoms with E-state index in [0.29, 0.717) is 0 Å². The summed E-state index contributed by atoms with van der Waals surface area (Å²) in [5.41, 5.74) is 0. The maximum atomic E-state index is 11.8. The number of carbonyl (C=O) groups is 1. The fraction of sp³-hybridized carbons (Fsp3) is 0.833. The van der Waals surface area contributed by atoms with Crippen LogP contribution in [0.15, 0.2) is 0 Å². The lowest BCUT2D eigenvalue weighted by molar-refractivity contribution is -0.305. The van der Waals surface area contributed by atoms with Gasteiger partial charge in [-0.1, -0.05) is 0 Å². The van der Waals surface area contributed by atoms with Crippen LogP contribution in [0.2, 0.25) is 0 Å². The number of aliphatic hydroxyl groups is 1. The van der Waals surface area contributed by atoms with E-state index < -0.39 is 36.3 Å². The number of Topliss-reactive ketones (excluding diaryl/α,β-unsaturated/α-hetero) is 1. The van der Waals surface area contributed by atoms with E-state index in [1.807, 2.05) is 0 Å². The van der Waals surface area contributed by atoms with Crippen LogP contribution in [0.4, 0.5) is 39.5 Å². The monoisotopic (exact) mass is 278 g/mol. The van der Waals surface area contributed by atoms with Crippen molar-refractivity contribution in [2.24, 2.45) is 5.92 Å². The molecule has 0 aromatic heterocycles. The molecule has 0 aliphatic rings. The van der Waals surface area contributed by atoms with Crippen molar-refractivity contribution in [3.8, 4) is 0 Å². The third kappa shape index (κ3) is 4.06. The van der Waals surface area contributed by atoms with Gasteiger partial charge in [-0.3, -0.25) is 4.79 Å². The van der Waals surface area contributed by atoms with Crippen molar-refractivity contribution < 1.29 is 49.4 Å². The summed E-state index contributed by atoms with van der Waals surface area (Å²) in [6, 6.07) is 0. The summed E-state index contributed by atoms with van der Waals surface area (Å²) in [5.74, 6) is -8.28. The van der Waals surface area contributed by atoms with Crippen molar-refractivity contribution >= 4 is 5.78 Å². The lowest BCUT2D eigenvalue weighted by atomic mass is 9.97. The van der Waals surface area contributed by atoms with E-state index in [4.69, 9.17) is 5.11 Å². The molecule has 0 saturated heterocycles. The molecule has 0 heterocycles. The topological polar surface area (TPSA) is 37.3 Å². The van der Waals surface area contributed by atoms with Crippen LogP contribution in [0.3, 0.4) is 0 Å². The summed E-state index contributed by atoms with van der Waals surface area (Å²) < 4.78 is 106. The van der Waals surface area contributed by atoms with E-state index in [0.717, 1.165) is 0 Å². The molecule has 102 valence electrons. The maximum absolute atomic E-state index is 11.8. The van der Waals surface area contributed by atoms with E-state index in [1.165, 1.54) is 0 Å². The highest BCUT2D eigenvalue weighted by Gasteiger charge is 2.64. The Morgan fingerprint density at radius 2 is 1.12 bits per heavy atom. The van der Waals surface area contributed by atoms with Crippen LogP contribution in [0.25, 0.3) is 0 Å². The Kier molecular flexibility index (Phi) is 4.09. The molecule has 11 heteroatoms. The van der Waals surface area contributed by atoms with E-state index in [2.05, 4.69) is 0 Å². The SMILES string of the molecule is O=C([C@@H](O)C(C(F)(F)F)C(F)(F)F)C(F)(F)F. The zero-order chi connectivity index (χ0) is 14.2. The van der Waals surface area contributed by atoms with E-state index >= 15 is 0 Å². The molecule has 1 atom stereocenters. The molecule has 0 amide bonds. The third-order valence-electron chi connectivity index (χ3n) is 1.57. The molecule has 0 aliphatic heterocycles. The average molecular weight is 278 g/mol. The molecule has 0 bridgehead atoms. The molecule has 0 radical (unpaired) electrons. The summed E-state index contributed by atoms with van der Waals surface area (Å²) in [7, 11) is 0. The molecule has 2 nitrogen and oxygen atoms in total. The van der Waals surface area contributed by atoms with Gasteiger partial charge in [0.05, 0.1) is 0 Å². The van der Waals surface area contributed by atoms with Crippen LogP contribution in [0.1, 0.15) is 0 Å². The van der Waals surface area contributed by atoms with Gasteiger partial charge in [0.2, 0.25) is 0 Å². The lowest BCUT2D eigenvalue weighted by Crippen LogP contribution is -2.51. The van der Waals surface area contributed by atoms with Crippen LogP contribution in [-0.2, 0) is 4.79 Å². The second kappa shape index (κ2) is 4.35. The normalized spacial score (nSPS) is 16.2. The lowest BCUT2D eigenvalue weighted by Gasteiger charge is -2.26. The fourth-order valence-corrected chi connectivity index (χ4v) is 0.863. The minimum Gasteiger partial charge on any atom is -0.384 e. The van der Waals surface area contributed by atoms with Gasteiger partial charge >= 0.3 is 18.5 Å². The highest BCUT2D eigenvalue weighted by atomic mass is 19.4. The largest absolute Gasteiger partial charge is 0.452 e. The number of halogens is 9. The molecule has 0 aliphatic carbocycles. The van der Waals surface area contributed by atoms with Crippen LogP contribution >= 0.6 is 0 Å². The second-order valence-electron chi connectivity index (χ2n) is 2.87. The van der Waals surface area contributed by atoms with Gasteiger partial charge in [0, 0.05) is 0 Å². The highest BCUT2D eigenvalue weighted by molar-refractivity contribution is 5.88. The number of ketones is 1. The van der Waals surface area contributed by atoms with Gasteiger partial charge in [-0.2, -0.15) is 39.5 Å². The first-order chi connectivity index (χ1) is 7.19. The first-order valence-electron chi connectivity index (χ1n) is 3.61. The zero-order valence-electron chi connectivity index (χ0n) is 7.41. The molecule has 0 saturated carbocycles. The van der Waals surface area contributed by atoms with Gasteiger partial charge in [-0.15, -0.1) is 0 Å². The molecule has 0 spiro atoms. The first kappa shape index (κ1) is 16.0. The zero-order valence-corrected chi connectivity index (χ0v) is 7.41. The molecular weight excluding hydrogens is 275 g/mol. The maximum Gasteiger partial charge on any atom is 0.452 e. The van der Waals surface area contributed by atoms with Crippen molar-refractivity contribution in [3.63, 3.8) is 0 Å². The van der Waals surface area contributed by atoms with Gasteiger partial charge in [0.15, 0.2) is 5.92 Å². The highest BCUT2D eigenvalue weighted by Crippen LogP contribution is 2.42. The Balaban J connectivity index is 5.32. The number of hydrogen-bond acceptors (Lipinski definition) is 2. The van der Waals surface area contributed by atoms with Crippen LogP contribution in [0, 0.1) is 5.92 Å². The average Bonchev–Trinajstić information content (AvgIpc) is 1.94. The van der Waals surface area contributed by atoms with Crippen molar-refractivity contribution in [2.75, 3.05) is 0 Å². The Morgan fingerprint density at radius 1 is 0.824 bits per heavy atom.